The summed E-state index contributed by atoms with van der Waals surface area (Å²) in [5, 5.41) is 8.97. The molecule has 0 unspecified atom stereocenters. The van der Waals surface area contributed by atoms with Crippen molar-refractivity contribution in [2.45, 2.75) is 31.2 Å². The van der Waals surface area contributed by atoms with Crippen molar-refractivity contribution in [3.8, 4) is 0 Å². The lowest BCUT2D eigenvalue weighted by atomic mass is 10.2. The summed E-state index contributed by atoms with van der Waals surface area (Å²) in [5.74, 6) is -0.829. The van der Waals surface area contributed by atoms with Crippen LogP contribution in [-0.4, -0.2) is 26.2 Å². The number of benzene rings is 1. The average molecular weight is 276 g/mol. The molecule has 0 aromatic heterocycles. The van der Waals surface area contributed by atoms with Crippen LogP contribution >= 0.6 is 0 Å². The molecule has 0 saturated heterocycles. The highest BCUT2D eigenvalue weighted by atomic mass is 32.2. The molecule has 18 heavy (non-hydrogen) atoms. The van der Waals surface area contributed by atoms with Gasteiger partial charge >= 0.3 is 0 Å². The van der Waals surface area contributed by atoms with Crippen LogP contribution in [0, 0.1) is 12.7 Å². The monoisotopic (exact) mass is 276 g/mol. The van der Waals surface area contributed by atoms with Crippen molar-refractivity contribution >= 4 is 15.7 Å². The third-order valence-electron chi connectivity index (χ3n) is 2.57. The normalized spacial score (nSPS) is 13.6. The number of hydrogen-bond acceptors (Lipinski definition) is 4. The minimum absolute atomic E-state index is 0.160. The molecule has 0 aliphatic heterocycles. The SMILES string of the molecule is CC[C@@H](CO)NS(=O)(=O)c1cc(N)cc(C)c1F. The van der Waals surface area contributed by atoms with Gasteiger partial charge in [0.2, 0.25) is 10.0 Å². The van der Waals surface area contributed by atoms with Crippen LogP contribution in [-0.2, 0) is 10.0 Å². The molecule has 0 spiro atoms. The molecule has 0 aliphatic rings. The summed E-state index contributed by atoms with van der Waals surface area (Å²) in [5.41, 5.74) is 5.84. The van der Waals surface area contributed by atoms with E-state index in [-0.39, 0.29) is 17.9 Å². The lowest BCUT2D eigenvalue weighted by Crippen LogP contribution is -2.37. The number of aliphatic hydroxyl groups excluding tert-OH is 1. The van der Waals surface area contributed by atoms with Gasteiger partial charge in [-0.05, 0) is 31.0 Å². The fraction of sp³-hybridized carbons (Fsp3) is 0.455. The van der Waals surface area contributed by atoms with Crippen molar-refractivity contribution in [1.82, 2.24) is 4.72 Å². The fourth-order valence-corrected chi connectivity index (χ4v) is 2.99. The van der Waals surface area contributed by atoms with Gasteiger partial charge in [0.15, 0.2) is 0 Å². The van der Waals surface area contributed by atoms with Gasteiger partial charge in [0, 0.05) is 11.7 Å². The zero-order valence-corrected chi connectivity index (χ0v) is 11.1. The van der Waals surface area contributed by atoms with E-state index in [9.17, 15) is 12.8 Å². The van der Waals surface area contributed by atoms with Crippen LogP contribution in [0.5, 0.6) is 0 Å². The summed E-state index contributed by atoms with van der Waals surface area (Å²) in [4.78, 5) is -0.494. The summed E-state index contributed by atoms with van der Waals surface area (Å²) in [6.45, 7) is 2.80. The predicted octanol–water partition coefficient (Wildman–Crippen LogP) is 0.766. The Morgan fingerprint density at radius 3 is 2.61 bits per heavy atom. The largest absolute Gasteiger partial charge is 0.399 e. The van der Waals surface area contributed by atoms with Crippen molar-refractivity contribution in [3.63, 3.8) is 0 Å². The highest BCUT2D eigenvalue weighted by Gasteiger charge is 2.23. The molecule has 1 aromatic carbocycles. The summed E-state index contributed by atoms with van der Waals surface area (Å²) >= 11 is 0. The third kappa shape index (κ3) is 3.18. The third-order valence-corrected chi connectivity index (χ3v) is 4.09. The Labute approximate surface area is 106 Å². The summed E-state index contributed by atoms with van der Waals surface area (Å²) < 4.78 is 40.0. The smallest absolute Gasteiger partial charge is 0.243 e. The van der Waals surface area contributed by atoms with E-state index in [1.165, 1.54) is 13.0 Å². The van der Waals surface area contributed by atoms with Crippen LogP contribution in [0.3, 0.4) is 0 Å². The Balaban J connectivity index is 3.20. The highest BCUT2D eigenvalue weighted by molar-refractivity contribution is 7.89. The topological polar surface area (TPSA) is 92.4 Å². The number of nitrogen functional groups attached to an aromatic ring is 1. The van der Waals surface area contributed by atoms with Crippen LogP contribution in [0.25, 0.3) is 0 Å². The number of rotatable bonds is 5. The zero-order chi connectivity index (χ0) is 13.9. The van der Waals surface area contributed by atoms with Crippen molar-refractivity contribution in [2.75, 3.05) is 12.3 Å². The molecular formula is C11H17FN2O3S. The Hall–Kier alpha value is -1.18. The van der Waals surface area contributed by atoms with E-state index in [0.29, 0.717) is 6.42 Å². The molecule has 1 aromatic rings. The molecule has 7 heteroatoms. The van der Waals surface area contributed by atoms with Gasteiger partial charge in [-0.3, -0.25) is 0 Å². The molecule has 0 radical (unpaired) electrons. The van der Waals surface area contributed by atoms with Crippen molar-refractivity contribution in [1.29, 1.82) is 0 Å². The van der Waals surface area contributed by atoms with E-state index in [0.717, 1.165) is 6.07 Å². The molecule has 5 nitrogen and oxygen atoms in total. The predicted molar refractivity (Wildman–Crippen MR) is 67.0 cm³/mol. The molecule has 0 aliphatic carbocycles. The zero-order valence-electron chi connectivity index (χ0n) is 10.3. The fourth-order valence-electron chi connectivity index (χ4n) is 1.49. The first-order valence-electron chi connectivity index (χ1n) is 5.50. The first kappa shape index (κ1) is 14.9. The second-order valence-corrected chi connectivity index (χ2v) is 5.74. The number of halogens is 1. The van der Waals surface area contributed by atoms with Gasteiger partial charge in [0.05, 0.1) is 6.61 Å². The molecule has 4 N–H and O–H groups in total. The van der Waals surface area contributed by atoms with Gasteiger partial charge in [-0.1, -0.05) is 6.92 Å². The van der Waals surface area contributed by atoms with Crippen LogP contribution < -0.4 is 10.5 Å². The maximum atomic E-state index is 13.8. The van der Waals surface area contributed by atoms with Crippen LogP contribution in [0.2, 0.25) is 0 Å². The minimum Gasteiger partial charge on any atom is -0.399 e. The van der Waals surface area contributed by atoms with Gasteiger partial charge in [-0.2, -0.15) is 0 Å². The van der Waals surface area contributed by atoms with E-state index in [1.807, 2.05) is 0 Å². The van der Waals surface area contributed by atoms with E-state index in [2.05, 4.69) is 4.72 Å². The van der Waals surface area contributed by atoms with E-state index >= 15 is 0 Å². The summed E-state index contributed by atoms with van der Waals surface area (Å²) in [7, 11) is -4.02. The van der Waals surface area contributed by atoms with Gasteiger partial charge in [-0.25, -0.2) is 17.5 Å². The summed E-state index contributed by atoms with van der Waals surface area (Å²) in [6, 6.07) is 1.78. The molecule has 1 atom stereocenters. The van der Waals surface area contributed by atoms with Crippen LogP contribution in [0.4, 0.5) is 10.1 Å². The minimum atomic E-state index is -4.02. The quantitative estimate of drug-likeness (QED) is 0.692. The number of hydrogen-bond donors (Lipinski definition) is 3. The number of sulfonamides is 1. The summed E-state index contributed by atoms with van der Waals surface area (Å²) in [6.07, 6.45) is 0.401. The second-order valence-electron chi connectivity index (χ2n) is 4.06. The molecule has 102 valence electrons. The van der Waals surface area contributed by atoms with Gasteiger partial charge in [-0.15, -0.1) is 0 Å². The van der Waals surface area contributed by atoms with Gasteiger partial charge < -0.3 is 10.8 Å². The molecular weight excluding hydrogens is 259 g/mol. The molecule has 0 saturated carbocycles. The second kappa shape index (κ2) is 5.64. The van der Waals surface area contributed by atoms with E-state index < -0.39 is 26.8 Å². The molecule has 0 fully saturated rings. The Kier molecular flexibility index (Phi) is 4.66. The lowest BCUT2D eigenvalue weighted by Gasteiger charge is -2.15. The lowest BCUT2D eigenvalue weighted by molar-refractivity contribution is 0.253. The number of nitrogens with two attached hydrogens (primary N) is 1. The van der Waals surface area contributed by atoms with Crippen molar-refractivity contribution in [2.24, 2.45) is 0 Å². The molecule has 0 heterocycles. The number of aliphatic hydroxyl groups is 1. The van der Waals surface area contributed by atoms with E-state index in [1.54, 1.807) is 6.92 Å². The van der Waals surface area contributed by atoms with Crippen molar-refractivity contribution in [3.05, 3.63) is 23.5 Å². The first-order valence-corrected chi connectivity index (χ1v) is 6.99. The molecule has 0 bridgehead atoms. The highest BCUT2D eigenvalue weighted by Crippen LogP contribution is 2.21. The average Bonchev–Trinajstić information content (AvgIpc) is 2.30. The van der Waals surface area contributed by atoms with Crippen molar-refractivity contribution < 1.29 is 17.9 Å². The Bertz CT molecular complexity index is 527. The van der Waals surface area contributed by atoms with Gasteiger partial charge in [0.1, 0.15) is 10.7 Å². The standard InChI is InChI=1S/C11H17FN2O3S/c1-3-9(6-15)14-18(16,17)10-5-8(13)4-7(2)11(10)12/h4-5,9,14-15H,3,6,13H2,1-2H3/t9-/m0/s1. The Morgan fingerprint density at radius 2 is 2.11 bits per heavy atom. The molecule has 1 rings (SSSR count). The van der Waals surface area contributed by atoms with E-state index in [4.69, 9.17) is 10.8 Å². The number of anilines is 1. The number of nitrogens with one attached hydrogen (secondary N) is 1. The maximum absolute atomic E-state index is 13.8. The number of aryl methyl sites for hydroxylation is 1. The maximum Gasteiger partial charge on any atom is 0.243 e. The van der Waals surface area contributed by atoms with Crippen LogP contribution in [0.15, 0.2) is 17.0 Å². The molecule has 0 amide bonds. The first-order chi connectivity index (χ1) is 8.31. The van der Waals surface area contributed by atoms with Gasteiger partial charge in [0.25, 0.3) is 0 Å². The van der Waals surface area contributed by atoms with Crippen LogP contribution in [0.1, 0.15) is 18.9 Å². The Morgan fingerprint density at radius 1 is 1.50 bits per heavy atom.